The highest BCUT2D eigenvalue weighted by Crippen LogP contribution is 2.29. The van der Waals surface area contributed by atoms with Crippen LogP contribution in [-0.2, 0) is 9.53 Å². The van der Waals surface area contributed by atoms with Gasteiger partial charge in [0.05, 0.1) is 25.2 Å². The molecule has 134 valence electrons. The molecule has 0 spiro atoms. The molecule has 0 saturated heterocycles. The number of ether oxygens (including phenoxy) is 2. The van der Waals surface area contributed by atoms with Crippen molar-refractivity contribution in [3.8, 4) is 5.75 Å². The van der Waals surface area contributed by atoms with E-state index in [2.05, 4.69) is 20.8 Å². The lowest BCUT2D eigenvalue weighted by atomic mass is 10.3. The number of carbonyl (C=O) groups is 2. The van der Waals surface area contributed by atoms with Crippen LogP contribution >= 0.6 is 34.7 Å². The summed E-state index contributed by atoms with van der Waals surface area (Å²) in [6.45, 7) is 1.97. The molecule has 2 amide bonds. The lowest BCUT2D eigenvalue weighted by Gasteiger charge is -2.09. The van der Waals surface area contributed by atoms with Crippen LogP contribution in [0, 0.1) is 0 Å². The van der Waals surface area contributed by atoms with Crippen molar-refractivity contribution in [2.45, 2.75) is 11.3 Å². The van der Waals surface area contributed by atoms with Crippen molar-refractivity contribution in [3.05, 3.63) is 23.2 Å². The fraction of sp³-hybridized carbons (Fsp3) is 0.286. The van der Waals surface area contributed by atoms with E-state index < -0.39 is 6.09 Å². The molecule has 25 heavy (non-hydrogen) atoms. The van der Waals surface area contributed by atoms with Crippen LogP contribution in [0.3, 0.4) is 0 Å². The van der Waals surface area contributed by atoms with Crippen molar-refractivity contribution < 1.29 is 19.1 Å². The highest BCUT2D eigenvalue weighted by molar-refractivity contribution is 8.01. The smallest absolute Gasteiger partial charge is 0.413 e. The third kappa shape index (κ3) is 6.07. The standard InChI is InChI=1S/C14H15ClN4O4S2/c1-3-23-13(21)17-12-18-19-14(25-12)24-7-11(20)16-9-6-8(15)4-5-10(9)22-2/h4-6H,3,7H2,1-2H3,(H,16,20)(H,17,18,21). The van der Waals surface area contributed by atoms with Gasteiger partial charge in [-0.25, -0.2) is 4.79 Å². The van der Waals surface area contributed by atoms with Gasteiger partial charge < -0.3 is 14.8 Å². The first-order valence-corrected chi connectivity index (χ1v) is 9.23. The normalized spacial score (nSPS) is 10.2. The van der Waals surface area contributed by atoms with Crippen LogP contribution in [0.5, 0.6) is 5.75 Å². The number of rotatable bonds is 7. The summed E-state index contributed by atoms with van der Waals surface area (Å²) >= 11 is 8.27. The van der Waals surface area contributed by atoms with E-state index in [9.17, 15) is 9.59 Å². The Morgan fingerprint density at radius 1 is 1.32 bits per heavy atom. The van der Waals surface area contributed by atoms with Gasteiger partial charge in [-0.15, -0.1) is 10.2 Å². The van der Waals surface area contributed by atoms with Gasteiger partial charge in [0.1, 0.15) is 5.75 Å². The first-order valence-electron chi connectivity index (χ1n) is 7.05. The van der Waals surface area contributed by atoms with Crippen LogP contribution in [0.25, 0.3) is 0 Å². The van der Waals surface area contributed by atoms with Gasteiger partial charge in [0, 0.05) is 5.02 Å². The lowest BCUT2D eigenvalue weighted by molar-refractivity contribution is -0.113. The van der Waals surface area contributed by atoms with Gasteiger partial charge in [-0.3, -0.25) is 10.1 Å². The van der Waals surface area contributed by atoms with Crippen molar-refractivity contribution in [2.24, 2.45) is 0 Å². The summed E-state index contributed by atoms with van der Waals surface area (Å²) < 4.78 is 10.5. The second-order valence-corrected chi connectivity index (χ2v) is 7.04. The van der Waals surface area contributed by atoms with Crippen molar-refractivity contribution in [1.82, 2.24) is 10.2 Å². The van der Waals surface area contributed by atoms with Gasteiger partial charge >= 0.3 is 6.09 Å². The number of aromatic nitrogens is 2. The molecule has 0 radical (unpaired) electrons. The Balaban J connectivity index is 1.87. The van der Waals surface area contributed by atoms with E-state index in [-0.39, 0.29) is 18.3 Å². The van der Waals surface area contributed by atoms with Crippen molar-refractivity contribution in [3.63, 3.8) is 0 Å². The number of thioether (sulfide) groups is 1. The molecule has 8 nitrogen and oxygen atoms in total. The zero-order chi connectivity index (χ0) is 18.2. The Labute approximate surface area is 157 Å². The van der Waals surface area contributed by atoms with Crippen LogP contribution in [-0.4, -0.2) is 41.7 Å². The average molecular weight is 403 g/mol. The van der Waals surface area contributed by atoms with E-state index >= 15 is 0 Å². The highest BCUT2D eigenvalue weighted by atomic mass is 35.5. The minimum atomic E-state index is -0.596. The molecule has 2 rings (SSSR count). The van der Waals surface area contributed by atoms with E-state index in [0.29, 0.717) is 25.9 Å². The molecular weight excluding hydrogens is 388 g/mol. The molecule has 0 atom stereocenters. The lowest BCUT2D eigenvalue weighted by Crippen LogP contribution is -2.14. The van der Waals surface area contributed by atoms with E-state index in [4.69, 9.17) is 21.1 Å². The zero-order valence-electron chi connectivity index (χ0n) is 13.4. The summed E-state index contributed by atoms with van der Waals surface area (Å²) in [6.07, 6.45) is -0.596. The molecule has 2 aromatic rings. The maximum absolute atomic E-state index is 12.1. The van der Waals surface area contributed by atoms with E-state index in [1.54, 1.807) is 25.1 Å². The zero-order valence-corrected chi connectivity index (χ0v) is 15.8. The topological polar surface area (TPSA) is 102 Å². The van der Waals surface area contributed by atoms with E-state index in [1.807, 2.05) is 0 Å². The van der Waals surface area contributed by atoms with Crippen molar-refractivity contribution in [2.75, 3.05) is 30.1 Å². The highest BCUT2D eigenvalue weighted by Gasteiger charge is 2.12. The monoisotopic (exact) mass is 402 g/mol. The summed E-state index contributed by atoms with van der Waals surface area (Å²) in [5, 5.41) is 13.7. The quantitative estimate of drug-likeness (QED) is 0.539. The van der Waals surface area contributed by atoms with Crippen LogP contribution in [0.15, 0.2) is 22.5 Å². The molecule has 1 aromatic carbocycles. The van der Waals surface area contributed by atoms with E-state index in [1.165, 1.54) is 18.9 Å². The third-order valence-electron chi connectivity index (χ3n) is 2.65. The maximum Gasteiger partial charge on any atom is 0.413 e. The second-order valence-electron chi connectivity index (χ2n) is 4.40. The summed E-state index contributed by atoms with van der Waals surface area (Å²) in [7, 11) is 1.51. The fourth-order valence-electron chi connectivity index (χ4n) is 1.66. The molecule has 11 heteroatoms. The van der Waals surface area contributed by atoms with Gasteiger partial charge in [-0.2, -0.15) is 0 Å². The molecule has 0 unspecified atom stereocenters. The summed E-state index contributed by atoms with van der Waals surface area (Å²) in [4.78, 5) is 23.4. The molecule has 0 aliphatic carbocycles. The fourth-order valence-corrected chi connectivity index (χ4v) is 3.37. The second kappa shape index (κ2) is 9.44. The molecule has 0 aliphatic rings. The predicted octanol–water partition coefficient (Wildman–Crippen LogP) is 3.50. The molecule has 1 heterocycles. The van der Waals surface area contributed by atoms with Crippen LogP contribution in [0.4, 0.5) is 15.6 Å². The number of methoxy groups -OCH3 is 1. The summed E-state index contributed by atoms with van der Waals surface area (Å²) in [5.41, 5.74) is 0.488. The summed E-state index contributed by atoms with van der Waals surface area (Å²) in [6, 6.07) is 4.95. The molecule has 0 bridgehead atoms. The Morgan fingerprint density at radius 2 is 2.12 bits per heavy atom. The van der Waals surface area contributed by atoms with Crippen LogP contribution in [0.2, 0.25) is 5.02 Å². The number of anilines is 2. The SMILES string of the molecule is CCOC(=O)Nc1nnc(SCC(=O)Nc2cc(Cl)ccc2OC)s1. The first kappa shape index (κ1) is 19.3. The number of benzene rings is 1. The number of amides is 2. The maximum atomic E-state index is 12.1. The Kier molecular flexibility index (Phi) is 7.29. The Bertz CT molecular complexity index is 756. The van der Waals surface area contributed by atoms with E-state index in [0.717, 1.165) is 11.3 Å². The molecule has 2 N–H and O–H groups in total. The van der Waals surface area contributed by atoms with Crippen molar-refractivity contribution >= 4 is 57.5 Å². The molecule has 0 aliphatic heterocycles. The number of hydrogen-bond acceptors (Lipinski definition) is 8. The predicted molar refractivity (Wildman–Crippen MR) is 97.9 cm³/mol. The average Bonchev–Trinajstić information content (AvgIpc) is 3.01. The minimum Gasteiger partial charge on any atom is -0.495 e. The Morgan fingerprint density at radius 3 is 2.84 bits per heavy atom. The summed E-state index contributed by atoms with van der Waals surface area (Å²) in [5.74, 6) is 0.379. The number of nitrogens with one attached hydrogen (secondary N) is 2. The van der Waals surface area contributed by atoms with Crippen LogP contribution < -0.4 is 15.4 Å². The first-order chi connectivity index (χ1) is 12.0. The number of carbonyl (C=O) groups excluding carboxylic acids is 2. The largest absolute Gasteiger partial charge is 0.495 e. The van der Waals surface area contributed by atoms with Gasteiger partial charge in [0.15, 0.2) is 4.34 Å². The molecule has 1 aromatic heterocycles. The van der Waals surface area contributed by atoms with Crippen LogP contribution in [0.1, 0.15) is 6.92 Å². The van der Waals surface area contributed by atoms with Gasteiger partial charge in [0.25, 0.3) is 0 Å². The molecular formula is C14H15ClN4O4S2. The molecule has 0 fully saturated rings. The Hall–Kier alpha value is -2.04. The third-order valence-corrected chi connectivity index (χ3v) is 4.86. The molecule has 0 saturated carbocycles. The van der Waals surface area contributed by atoms with Gasteiger partial charge in [0.2, 0.25) is 11.0 Å². The number of hydrogen-bond donors (Lipinski definition) is 2. The minimum absolute atomic E-state index is 0.115. The van der Waals surface area contributed by atoms with Gasteiger partial charge in [-0.05, 0) is 25.1 Å². The number of halogens is 1. The number of nitrogens with zero attached hydrogens (tertiary/aromatic N) is 2. The van der Waals surface area contributed by atoms with Crippen molar-refractivity contribution in [1.29, 1.82) is 0 Å². The van der Waals surface area contributed by atoms with Gasteiger partial charge in [-0.1, -0.05) is 34.7 Å².